The first-order chi connectivity index (χ1) is 24.3. The third-order valence-electron chi connectivity index (χ3n) is 9.75. The average Bonchev–Trinajstić information content (AvgIpc) is 3.44. The zero-order valence-corrected chi connectivity index (χ0v) is 30.0. The van der Waals surface area contributed by atoms with Crippen LogP contribution in [0.2, 0.25) is 0 Å². The summed E-state index contributed by atoms with van der Waals surface area (Å²) < 4.78 is 11.4. The summed E-state index contributed by atoms with van der Waals surface area (Å²) in [6, 6.07) is 9.90. The van der Waals surface area contributed by atoms with Crippen LogP contribution in [0.4, 0.5) is 0 Å². The molecule has 0 heterocycles. The van der Waals surface area contributed by atoms with Gasteiger partial charge in [-0.3, -0.25) is 0 Å². The Hall–Kier alpha value is -4.20. The summed E-state index contributed by atoms with van der Waals surface area (Å²) in [5.41, 5.74) is 0.385. The third-order valence-corrected chi connectivity index (χ3v) is 9.75. The Morgan fingerprint density at radius 1 is 0.500 bits per heavy atom. The zero-order valence-electron chi connectivity index (χ0n) is 30.0. The first-order valence-corrected chi connectivity index (χ1v) is 18.9. The van der Waals surface area contributed by atoms with Crippen molar-refractivity contribution in [3.05, 3.63) is 58.7 Å². The van der Waals surface area contributed by atoms with Crippen LogP contribution in [-0.2, 0) is 9.47 Å². The van der Waals surface area contributed by atoms with Crippen LogP contribution in [0.5, 0.6) is 0 Å². The number of fused-ring (bicyclic) bond motifs is 3. The molecule has 2 N–H and O–H groups in total. The Labute approximate surface area is 296 Å². The first kappa shape index (κ1) is 38.6. The van der Waals surface area contributed by atoms with Gasteiger partial charge in [0.05, 0.1) is 35.5 Å². The van der Waals surface area contributed by atoms with Crippen LogP contribution in [0.1, 0.15) is 171 Å². The Balaban J connectivity index is 1.60. The van der Waals surface area contributed by atoms with Crippen LogP contribution < -0.4 is 0 Å². The number of carbonyl (C=O) groups excluding carboxylic acids is 2. The van der Waals surface area contributed by atoms with E-state index in [1.54, 1.807) is 30.3 Å². The van der Waals surface area contributed by atoms with Crippen molar-refractivity contribution < 1.29 is 38.9 Å². The standard InChI is InChI=1S/C42H54O8/c1-3-5-7-9-11-13-15-17-19-27-49-41(47)35-31-25-21-23-29-30-24-22-26-32(39(43)44)34(30)36(33(29)31)37(40(45)46)38(35)42(48)50-28-20-18-16-14-12-10-8-6-4-2/h21-26H,3-20,27-28H2,1-2H3,(H,43,44)(H,45,46). The molecule has 0 atom stereocenters. The predicted molar refractivity (Wildman–Crippen MR) is 197 cm³/mol. The highest BCUT2D eigenvalue weighted by Gasteiger charge is 2.38. The summed E-state index contributed by atoms with van der Waals surface area (Å²) in [5, 5.41) is 21.5. The molecule has 4 rings (SSSR count). The molecule has 0 amide bonds. The number of carboxylic acid groups (broad SMARTS) is 2. The first-order valence-electron chi connectivity index (χ1n) is 18.9. The quantitative estimate of drug-likeness (QED) is 0.0550. The van der Waals surface area contributed by atoms with Gasteiger partial charge in [0.25, 0.3) is 0 Å². The fourth-order valence-corrected chi connectivity index (χ4v) is 7.17. The topological polar surface area (TPSA) is 127 Å². The molecule has 0 radical (unpaired) electrons. The number of carboxylic acids is 2. The maximum absolute atomic E-state index is 13.9. The molecule has 0 saturated carbocycles. The SMILES string of the molecule is CCCCCCCCCCCOC(=O)c1c(C(=O)O)c2c3c(cccc3c1C(=O)OCCCCCCCCCCC)-c1cccc(C(=O)O)c1-2. The molecule has 3 aromatic rings. The Bertz CT molecular complexity index is 1640. The number of carbonyl (C=O) groups is 4. The van der Waals surface area contributed by atoms with E-state index in [4.69, 9.17) is 9.47 Å². The van der Waals surface area contributed by atoms with E-state index in [0.29, 0.717) is 34.7 Å². The number of ether oxygens (including phenoxy) is 2. The number of hydrogen-bond donors (Lipinski definition) is 2. The van der Waals surface area contributed by atoms with Gasteiger partial charge in [0.2, 0.25) is 0 Å². The van der Waals surface area contributed by atoms with Gasteiger partial charge in [0, 0.05) is 11.1 Å². The van der Waals surface area contributed by atoms with Crippen molar-refractivity contribution in [3.8, 4) is 22.3 Å². The molecule has 0 aromatic heterocycles. The molecule has 8 nitrogen and oxygen atoms in total. The molecule has 0 fully saturated rings. The van der Waals surface area contributed by atoms with Crippen LogP contribution in [0, 0.1) is 0 Å². The van der Waals surface area contributed by atoms with E-state index >= 15 is 0 Å². The summed E-state index contributed by atoms with van der Waals surface area (Å²) in [7, 11) is 0. The lowest BCUT2D eigenvalue weighted by molar-refractivity contribution is 0.0448. The predicted octanol–water partition coefficient (Wildman–Crippen LogP) is 11.3. The zero-order chi connectivity index (χ0) is 35.9. The number of unbranched alkanes of at least 4 members (excludes halogenated alkanes) is 16. The van der Waals surface area contributed by atoms with Gasteiger partial charge in [0.1, 0.15) is 0 Å². The second-order valence-corrected chi connectivity index (χ2v) is 13.5. The van der Waals surface area contributed by atoms with Crippen LogP contribution in [0.25, 0.3) is 33.0 Å². The van der Waals surface area contributed by atoms with Gasteiger partial charge in [-0.2, -0.15) is 0 Å². The van der Waals surface area contributed by atoms with Gasteiger partial charge in [-0.1, -0.05) is 147 Å². The van der Waals surface area contributed by atoms with Crippen LogP contribution in [0.3, 0.4) is 0 Å². The fraction of sp³-hybridized carbons (Fsp3) is 0.524. The molecule has 1 aliphatic rings. The summed E-state index contributed by atoms with van der Waals surface area (Å²) in [5.74, 6) is -4.40. The van der Waals surface area contributed by atoms with Crippen molar-refractivity contribution in [1.82, 2.24) is 0 Å². The highest BCUT2D eigenvalue weighted by molar-refractivity contribution is 6.30. The van der Waals surface area contributed by atoms with Gasteiger partial charge in [0.15, 0.2) is 0 Å². The molecule has 0 aliphatic heterocycles. The Morgan fingerprint density at radius 2 is 0.960 bits per heavy atom. The Morgan fingerprint density at radius 3 is 1.46 bits per heavy atom. The van der Waals surface area contributed by atoms with E-state index in [1.165, 1.54) is 70.3 Å². The van der Waals surface area contributed by atoms with E-state index in [9.17, 15) is 29.4 Å². The summed E-state index contributed by atoms with van der Waals surface area (Å²) in [6.45, 7) is 4.61. The molecule has 8 heteroatoms. The second-order valence-electron chi connectivity index (χ2n) is 13.5. The molecule has 3 aromatic carbocycles. The lowest BCUT2D eigenvalue weighted by atomic mass is 9.87. The number of benzene rings is 3. The number of hydrogen-bond acceptors (Lipinski definition) is 6. The molecule has 0 spiro atoms. The number of aromatic carboxylic acids is 2. The van der Waals surface area contributed by atoms with Crippen LogP contribution in [-0.4, -0.2) is 47.3 Å². The van der Waals surface area contributed by atoms with Gasteiger partial charge in [-0.05, 0) is 40.8 Å². The lowest BCUT2D eigenvalue weighted by Gasteiger charge is -2.18. The van der Waals surface area contributed by atoms with Gasteiger partial charge >= 0.3 is 23.9 Å². The lowest BCUT2D eigenvalue weighted by Crippen LogP contribution is -2.21. The molecule has 0 bridgehead atoms. The summed E-state index contributed by atoms with van der Waals surface area (Å²) in [6.07, 6.45) is 19.6. The highest BCUT2D eigenvalue weighted by Crippen LogP contribution is 2.52. The molecular weight excluding hydrogens is 632 g/mol. The minimum absolute atomic E-state index is 0.0744. The molecule has 0 saturated heterocycles. The summed E-state index contributed by atoms with van der Waals surface area (Å²) >= 11 is 0. The van der Waals surface area contributed by atoms with E-state index in [-0.39, 0.29) is 35.5 Å². The largest absolute Gasteiger partial charge is 0.478 e. The number of esters is 2. The van der Waals surface area contributed by atoms with Gasteiger partial charge in [-0.15, -0.1) is 0 Å². The van der Waals surface area contributed by atoms with Crippen molar-refractivity contribution >= 4 is 34.6 Å². The third kappa shape index (κ3) is 9.52. The maximum Gasteiger partial charge on any atom is 0.339 e. The van der Waals surface area contributed by atoms with E-state index in [0.717, 1.165) is 38.5 Å². The minimum Gasteiger partial charge on any atom is -0.478 e. The smallest absolute Gasteiger partial charge is 0.339 e. The Kier molecular flexibility index (Phi) is 15.3. The highest BCUT2D eigenvalue weighted by atomic mass is 16.5. The molecule has 270 valence electrons. The normalized spacial score (nSPS) is 11.5. The van der Waals surface area contributed by atoms with Crippen molar-refractivity contribution in [2.24, 2.45) is 0 Å². The van der Waals surface area contributed by atoms with Crippen LogP contribution in [0.15, 0.2) is 36.4 Å². The number of rotatable bonds is 24. The van der Waals surface area contributed by atoms with Crippen molar-refractivity contribution in [2.45, 2.75) is 129 Å². The average molecular weight is 687 g/mol. The van der Waals surface area contributed by atoms with Crippen molar-refractivity contribution in [1.29, 1.82) is 0 Å². The van der Waals surface area contributed by atoms with Gasteiger partial charge < -0.3 is 19.7 Å². The van der Waals surface area contributed by atoms with Crippen molar-refractivity contribution in [2.75, 3.05) is 13.2 Å². The van der Waals surface area contributed by atoms with Crippen LogP contribution >= 0.6 is 0 Å². The monoisotopic (exact) mass is 686 g/mol. The molecular formula is C42H54O8. The van der Waals surface area contributed by atoms with Crippen molar-refractivity contribution in [3.63, 3.8) is 0 Å². The maximum atomic E-state index is 13.9. The fourth-order valence-electron chi connectivity index (χ4n) is 7.17. The van der Waals surface area contributed by atoms with Gasteiger partial charge in [-0.25, -0.2) is 19.2 Å². The molecule has 1 aliphatic carbocycles. The van der Waals surface area contributed by atoms with E-state index < -0.39 is 35.0 Å². The summed E-state index contributed by atoms with van der Waals surface area (Å²) in [4.78, 5) is 53.3. The second kappa shape index (κ2) is 19.9. The van der Waals surface area contributed by atoms with E-state index in [2.05, 4.69) is 13.8 Å². The van der Waals surface area contributed by atoms with E-state index in [1.807, 2.05) is 0 Å². The molecule has 0 unspecified atom stereocenters. The molecule has 50 heavy (non-hydrogen) atoms. The minimum atomic E-state index is -1.45.